The second-order valence-corrected chi connectivity index (χ2v) is 6.66. The first-order valence-electron chi connectivity index (χ1n) is 9.70. The summed E-state index contributed by atoms with van der Waals surface area (Å²) in [4.78, 5) is 0. The summed E-state index contributed by atoms with van der Waals surface area (Å²) >= 11 is 0. The minimum Gasteiger partial charge on any atom is -0.309 e. The van der Waals surface area contributed by atoms with E-state index >= 15 is 0 Å². The van der Waals surface area contributed by atoms with Crippen LogP contribution in [0.5, 0.6) is 0 Å². The second-order valence-electron chi connectivity index (χ2n) is 6.66. The van der Waals surface area contributed by atoms with Crippen molar-refractivity contribution in [1.82, 2.24) is 20.1 Å². The Morgan fingerprint density at radius 1 is 1.25 bits per heavy atom. The van der Waals surface area contributed by atoms with Crippen LogP contribution in [0.25, 0.3) is 5.70 Å². The molecule has 0 aliphatic rings. The molecule has 0 amide bonds. The van der Waals surface area contributed by atoms with Gasteiger partial charge in [0.15, 0.2) is 0 Å². The normalized spacial score (nSPS) is 11.5. The van der Waals surface area contributed by atoms with Crippen LogP contribution in [-0.4, -0.2) is 28.4 Å². The van der Waals surface area contributed by atoms with Gasteiger partial charge in [0.05, 0.1) is 6.54 Å². The number of aryl methyl sites for hydroxylation is 4. The summed E-state index contributed by atoms with van der Waals surface area (Å²) in [7, 11) is 1.90. The zero-order valence-electron chi connectivity index (χ0n) is 17.4. The molecule has 0 unspecified atom stereocenters. The number of allylic oxidation sites excluding steroid dienone is 5. The molecular weight excluding hydrogens is 344 g/mol. The molecule has 0 aliphatic heterocycles. The molecule has 1 aromatic carbocycles. The van der Waals surface area contributed by atoms with E-state index in [1.807, 2.05) is 45.2 Å². The van der Waals surface area contributed by atoms with Crippen LogP contribution >= 0.6 is 0 Å². The zero-order valence-corrected chi connectivity index (χ0v) is 17.4. The van der Waals surface area contributed by atoms with Crippen LogP contribution in [0.2, 0.25) is 0 Å². The van der Waals surface area contributed by atoms with E-state index in [4.69, 9.17) is 0 Å². The number of benzene rings is 1. The molecule has 1 aromatic heterocycles. The average molecular weight is 375 g/mol. The fourth-order valence-electron chi connectivity index (χ4n) is 3.03. The smallest absolute Gasteiger partial charge is 0.137 e. The van der Waals surface area contributed by atoms with Crippen molar-refractivity contribution in [2.75, 3.05) is 13.6 Å². The molecule has 0 aliphatic carbocycles. The van der Waals surface area contributed by atoms with Gasteiger partial charge in [-0.15, -0.1) is 10.2 Å². The lowest BCUT2D eigenvalue weighted by Gasteiger charge is -2.09. The van der Waals surface area contributed by atoms with Crippen molar-refractivity contribution >= 4 is 5.70 Å². The minimum absolute atomic E-state index is 0.705. The van der Waals surface area contributed by atoms with Crippen LogP contribution < -0.4 is 5.32 Å². The van der Waals surface area contributed by atoms with E-state index in [1.54, 1.807) is 0 Å². The van der Waals surface area contributed by atoms with E-state index in [2.05, 4.69) is 63.6 Å². The third-order valence-electron chi connectivity index (χ3n) is 4.46. The van der Waals surface area contributed by atoms with E-state index in [0.29, 0.717) is 6.54 Å². The molecular formula is C24H30N4. The molecule has 4 heteroatoms. The molecule has 1 heterocycles. The molecule has 2 rings (SSSR count). The second kappa shape index (κ2) is 11.1. The zero-order chi connectivity index (χ0) is 20.4. The summed E-state index contributed by atoms with van der Waals surface area (Å²) in [5, 5.41) is 11.7. The van der Waals surface area contributed by atoms with Gasteiger partial charge in [0.2, 0.25) is 0 Å². The molecule has 0 radical (unpaired) electrons. The number of rotatable bonds is 8. The predicted molar refractivity (Wildman–Crippen MR) is 118 cm³/mol. The number of aromatic nitrogens is 3. The summed E-state index contributed by atoms with van der Waals surface area (Å²) in [5.74, 6) is 8.18. The lowest BCUT2D eigenvalue weighted by molar-refractivity contribution is 0.753. The third kappa shape index (κ3) is 5.80. The standard InChI is InChI=1S/C24H30N4/c1-6-8-13-23(7-2)28-20(4)26-27-24(28)14-9-11-21-15-16-22(19(3)18-21)12-10-17-25-5/h6-8,13,15-16,18,25H,2,9,11,14,17H2,1,3-5H3/b8-6-,23-13+. The van der Waals surface area contributed by atoms with Gasteiger partial charge in [-0.2, -0.15) is 0 Å². The van der Waals surface area contributed by atoms with Crippen LogP contribution in [-0.2, 0) is 12.8 Å². The Morgan fingerprint density at radius 2 is 2.07 bits per heavy atom. The lowest BCUT2D eigenvalue weighted by Crippen LogP contribution is -2.05. The van der Waals surface area contributed by atoms with Crippen molar-refractivity contribution in [3.63, 3.8) is 0 Å². The Hall–Kier alpha value is -2.90. The molecule has 2 aromatic rings. The highest BCUT2D eigenvalue weighted by atomic mass is 15.3. The summed E-state index contributed by atoms with van der Waals surface area (Å²) in [6, 6.07) is 6.53. The lowest BCUT2D eigenvalue weighted by atomic mass is 10.0. The molecule has 1 N–H and O–H groups in total. The number of hydrogen-bond donors (Lipinski definition) is 1. The van der Waals surface area contributed by atoms with Gasteiger partial charge in [-0.1, -0.05) is 42.7 Å². The number of hydrogen-bond acceptors (Lipinski definition) is 3. The highest BCUT2D eigenvalue weighted by molar-refractivity contribution is 5.59. The van der Waals surface area contributed by atoms with Crippen molar-refractivity contribution in [2.24, 2.45) is 0 Å². The first-order chi connectivity index (χ1) is 13.6. The molecule has 0 bridgehead atoms. The molecule has 0 saturated carbocycles. The SMILES string of the molecule is C=C/C(=C\C=C/C)n1c(C)nnc1CCCc1ccc(C#CCNC)c(C)c1. The fraction of sp³-hybridized carbons (Fsp3) is 0.333. The van der Waals surface area contributed by atoms with Crippen molar-refractivity contribution in [3.8, 4) is 11.8 Å². The van der Waals surface area contributed by atoms with E-state index in [1.165, 1.54) is 11.1 Å². The summed E-state index contributed by atoms with van der Waals surface area (Å²) in [6.45, 7) is 10.7. The van der Waals surface area contributed by atoms with E-state index in [-0.39, 0.29) is 0 Å². The topological polar surface area (TPSA) is 42.7 Å². The van der Waals surface area contributed by atoms with Gasteiger partial charge in [0.1, 0.15) is 11.6 Å². The average Bonchev–Trinajstić information content (AvgIpc) is 3.05. The molecule has 4 nitrogen and oxygen atoms in total. The maximum Gasteiger partial charge on any atom is 0.137 e. The minimum atomic E-state index is 0.705. The fourth-order valence-corrected chi connectivity index (χ4v) is 3.03. The number of nitrogens with zero attached hydrogens (tertiary/aromatic N) is 3. The maximum atomic E-state index is 4.37. The highest BCUT2D eigenvalue weighted by Crippen LogP contribution is 2.16. The maximum absolute atomic E-state index is 4.37. The van der Waals surface area contributed by atoms with Gasteiger partial charge < -0.3 is 5.32 Å². The van der Waals surface area contributed by atoms with E-state index in [0.717, 1.165) is 42.2 Å². The Kier molecular flexibility index (Phi) is 8.45. The summed E-state index contributed by atoms with van der Waals surface area (Å²) in [6.07, 6.45) is 10.8. The quantitative estimate of drug-likeness (QED) is 0.555. The van der Waals surface area contributed by atoms with Crippen LogP contribution in [0.4, 0.5) is 0 Å². The van der Waals surface area contributed by atoms with E-state index < -0.39 is 0 Å². The molecule has 0 atom stereocenters. The van der Waals surface area contributed by atoms with Gasteiger partial charge in [0, 0.05) is 17.7 Å². The monoisotopic (exact) mass is 374 g/mol. The van der Waals surface area contributed by atoms with Crippen molar-refractivity contribution < 1.29 is 0 Å². The van der Waals surface area contributed by atoms with Gasteiger partial charge in [-0.25, -0.2) is 0 Å². The molecule has 146 valence electrons. The van der Waals surface area contributed by atoms with Crippen molar-refractivity contribution in [2.45, 2.75) is 40.0 Å². The van der Waals surface area contributed by atoms with Gasteiger partial charge in [0.25, 0.3) is 0 Å². The molecule has 0 fully saturated rings. The van der Waals surface area contributed by atoms with Crippen molar-refractivity contribution in [3.05, 3.63) is 77.4 Å². The third-order valence-corrected chi connectivity index (χ3v) is 4.46. The summed E-state index contributed by atoms with van der Waals surface area (Å²) < 4.78 is 2.08. The molecule has 28 heavy (non-hydrogen) atoms. The Labute approximate surface area is 169 Å². The first kappa shape index (κ1) is 21.4. The highest BCUT2D eigenvalue weighted by Gasteiger charge is 2.11. The van der Waals surface area contributed by atoms with Crippen LogP contribution in [0.15, 0.2) is 49.1 Å². The largest absolute Gasteiger partial charge is 0.309 e. The van der Waals surface area contributed by atoms with Crippen molar-refractivity contribution in [1.29, 1.82) is 0 Å². The van der Waals surface area contributed by atoms with Crippen LogP contribution in [0.1, 0.15) is 41.7 Å². The predicted octanol–water partition coefficient (Wildman–Crippen LogP) is 4.24. The van der Waals surface area contributed by atoms with E-state index in [9.17, 15) is 0 Å². The summed E-state index contributed by atoms with van der Waals surface area (Å²) in [5.41, 5.74) is 4.64. The first-order valence-corrected chi connectivity index (χ1v) is 9.70. The van der Waals surface area contributed by atoms with Gasteiger partial charge in [-0.3, -0.25) is 4.57 Å². The number of nitrogens with one attached hydrogen (secondary N) is 1. The molecule has 0 saturated heterocycles. The van der Waals surface area contributed by atoms with Gasteiger partial charge in [-0.05, 0) is 70.0 Å². The Bertz CT molecular complexity index is 920. The molecule has 0 spiro atoms. The van der Waals surface area contributed by atoms with Crippen LogP contribution in [0, 0.1) is 25.7 Å². The Morgan fingerprint density at radius 3 is 2.75 bits per heavy atom. The Balaban J connectivity index is 2.06. The van der Waals surface area contributed by atoms with Crippen LogP contribution in [0.3, 0.4) is 0 Å². The van der Waals surface area contributed by atoms with Gasteiger partial charge >= 0.3 is 0 Å².